The predicted octanol–water partition coefficient (Wildman–Crippen LogP) is 0.0860. The van der Waals surface area contributed by atoms with Crippen LogP contribution in [0.1, 0.15) is 0 Å². The standard InChI is InChI=1S/C5H9N2O/c1-7-3-5(8-2)6-4-7/h3-4,6H,1-2H3. The normalized spacial score (nSPS) is 17.8. The molecule has 3 nitrogen and oxygen atoms in total. The smallest absolute Gasteiger partial charge is 0.204 e. The molecule has 0 amide bonds. The Balaban J connectivity index is 2.44. The molecule has 1 rings (SSSR count). The highest BCUT2D eigenvalue weighted by Gasteiger charge is 2.05. The quantitative estimate of drug-likeness (QED) is 0.521. The Kier molecular flexibility index (Phi) is 1.28. The fourth-order valence-corrected chi connectivity index (χ4v) is 0.537. The monoisotopic (exact) mass is 113 g/mol. The van der Waals surface area contributed by atoms with Gasteiger partial charge in [-0.3, -0.25) is 0 Å². The van der Waals surface area contributed by atoms with Crippen molar-refractivity contribution < 1.29 is 4.74 Å². The summed E-state index contributed by atoms with van der Waals surface area (Å²) in [6.45, 7) is 1.82. The zero-order valence-corrected chi connectivity index (χ0v) is 5.01. The lowest BCUT2D eigenvalue weighted by Gasteiger charge is -2.00. The third kappa shape index (κ3) is 0.857. The van der Waals surface area contributed by atoms with Crippen LogP contribution in [0.25, 0.3) is 0 Å². The molecule has 0 aromatic heterocycles. The van der Waals surface area contributed by atoms with Crippen LogP contribution >= 0.6 is 0 Å². The van der Waals surface area contributed by atoms with Crippen LogP contribution in [0.4, 0.5) is 0 Å². The largest absolute Gasteiger partial charge is 0.481 e. The molecule has 0 aromatic carbocycles. The van der Waals surface area contributed by atoms with Crippen LogP contribution in [-0.2, 0) is 4.74 Å². The molecule has 1 aliphatic heterocycles. The molecule has 1 radical (unpaired) electrons. The summed E-state index contributed by atoms with van der Waals surface area (Å²) in [4.78, 5) is 1.89. The second kappa shape index (κ2) is 1.94. The topological polar surface area (TPSA) is 24.5 Å². The summed E-state index contributed by atoms with van der Waals surface area (Å²) < 4.78 is 4.86. The van der Waals surface area contributed by atoms with Crippen molar-refractivity contribution in [2.24, 2.45) is 0 Å². The second-order valence-corrected chi connectivity index (χ2v) is 1.64. The van der Waals surface area contributed by atoms with Gasteiger partial charge in [0.2, 0.25) is 5.88 Å². The van der Waals surface area contributed by atoms with Crippen molar-refractivity contribution in [3.63, 3.8) is 0 Å². The van der Waals surface area contributed by atoms with Crippen molar-refractivity contribution in [3.05, 3.63) is 18.8 Å². The summed E-state index contributed by atoms with van der Waals surface area (Å²) in [5, 5.41) is 2.90. The van der Waals surface area contributed by atoms with E-state index in [1.807, 2.05) is 24.8 Å². The highest BCUT2D eigenvalue weighted by atomic mass is 16.5. The molecule has 0 aliphatic carbocycles. The molecule has 0 atom stereocenters. The Morgan fingerprint density at radius 1 is 1.75 bits per heavy atom. The van der Waals surface area contributed by atoms with Crippen LogP contribution in [0.2, 0.25) is 0 Å². The average Bonchev–Trinajstić information content (AvgIpc) is 2.14. The SMILES string of the molecule is COC1=CN(C)[CH]N1. The Bertz CT molecular complexity index is 111. The van der Waals surface area contributed by atoms with Crippen molar-refractivity contribution in [3.8, 4) is 0 Å². The van der Waals surface area contributed by atoms with Crippen LogP contribution in [0, 0.1) is 6.67 Å². The van der Waals surface area contributed by atoms with Gasteiger partial charge in [-0.1, -0.05) is 0 Å². The lowest BCUT2D eigenvalue weighted by Crippen LogP contribution is -2.09. The van der Waals surface area contributed by atoms with Gasteiger partial charge < -0.3 is 15.0 Å². The number of hydrogen-bond acceptors (Lipinski definition) is 3. The third-order valence-corrected chi connectivity index (χ3v) is 0.951. The molecule has 1 aliphatic rings. The molecule has 0 fully saturated rings. The first-order valence-electron chi connectivity index (χ1n) is 2.40. The lowest BCUT2D eigenvalue weighted by atomic mass is 10.8. The molecule has 0 unspecified atom stereocenters. The molecule has 0 bridgehead atoms. The van der Waals surface area contributed by atoms with Crippen LogP contribution in [0.3, 0.4) is 0 Å². The molecular weight excluding hydrogens is 104 g/mol. The maximum atomic E-state index is 4.86. The molecule has 45 valence electrons. The van der Waals surface area contributed by atoms with E-state index in [9.17, 15) is 0 Å². The van der Waals surface area contributed by atoms with E-state index in [0.29, 0.717) is 0 Å². The van der Waals surface area contributed by atoms with Gasteiger partial charge in [0.15, 0.2) is 0 Å². The Morgan fingerprint density at radius 3 is 2.75 bits per heavy atom. The number of methoxy groups -OCH3 is 1. The van der Waals surface area contributed by atoms with Gasteiger partial charge in [-0.25, -0.2) is 0 Å². The Hall–Kier alpha value is -0.860. The van der Waals surface area contributed by atoms with Crippen molar-refractivity contribution in [2.75, 3.05) is 14.2 Å². The average molecular weight is 113 g/mol. The molecule has 0 saturated heterocycles. The minimum Gasteiger partial charge on any atom is -0.481 e. The first-order valence-corrected chi connectivity index (χ1v) is 2.40. The van der Waals surface area contributed by atoms with E-state index in [1.165, 1.54) is 0 Å². The molecular formula is C5H9N2O. The van der Waals surface area contributed by atoms with E-state index in [0.717, 1.165) is 5.88 Å². The van der Waals surface area contributed by atoms with Gasteiger partial charge in [0, 0.05) is 7.05 Å². The zero-order chi connectivity index (χ0) is 5.98. The lowest BCUT2D eigenvalue weighted by molar-refractivity contribution is 0.273. The molecule has 0 spiro atoms. The molecule has 3 heteroatoms. The van der Waals surface area contributed by atoms with Crippen LogP contribution in [0.15, 0.2) is 12.1 Å². The van der Waals surface area contributed by atoms with Gasteiger partial charge in [-0.15, -0.1) is 0 Å². The van der Waals surface area contributed by atoms with E-state index in [-0.39, 0.29) is 0 Å². The summed E-state index contributed by atoms with van der Waals surface area (Å²) >= 11 is 0. The van der Waals surface area contributed by atoms with Gasteiger partial charge in [0.05, 0.1) is 13.3 Å². The van der Waals surface area contributed by atoms with Crippen LogP contribution in [-0.4, -0.2) is 19.1 Å². The summed E-state index contributed by atoms with van der Waals surface area (Å²) in [5.41, 5.74) is 0. The summed E-state index contributed by atoms with van der Waals surface area (Å²) in [6, 6.07) is 0. The number of ether oxygens (including phenoxy) is 1. The number of nitrogens with one attached hydrogen (secondary N) is 1. The minimum atomic E-state index is 0.785. The van der Waals surface area contributed by atoms with E-state index in [4.69, 9.17) is 4.74 Å². The minimum absolute atomic E-state index is 0.785. The zero-order valence-electron chi connectivity index (χ0n) is 5.01. The van der Waals surface area contributed by atoms with E-state index in [1.54, 1.807) is 7.11 Å². The van der Waals surface area contributed by atoms with Crippen molar-refractivity contribution in [1.82, 2.24) is 10.2 Å². The maximum absolute atomic E-state index is 4.86. The number of nitrogens with zero attached hydrogens (tertiary/aromatic N) is 1. The van der Waals surface area contributed by atoms with Gasteiger partial charge in [-0.05, 0) is 0 Å². The van der Waals surface area contributed by atoms with Crippen LogP contribution in [0.5, 0.6) is 0 Å². The molecule has 1 heterocycles. The van der Waals surface area contributed by atoms with E-state index >= 15 is 0 Å². The van der Waals surface area contributed by atoms with E-state index < -0.39 is 0 Å². The number of hydrogen-bond donors (Lipinski definition) is 1. The fraction of sp³-hybridized carbons (Fsp3) is 0.400. The Morgan fingerprint density at radius 2 is 2.50 bits per heavy atom. The molecule has 1 N–H and O–H groups in total. The fourth-order valence-electron chi connectivity index (χ4n) is 0.537. The Labute approximate surface area is 48.9 Å². The van der Waals surface area contributed by atoms with Gasteiger partial charge in [0.25, 0.3) is 0 Å². The van der Waals surface area contributed by atoms with Gasteiger partial charge >= 0.3 is 0 Å². The van der Waals surface area contributed by atoms with Crippen molar-refractivity contribution >= 4 is 0 Å². The summed E-state index contributed by atoms with van der Waals surface area (Å²) in [7, 11) is 3.56. The molecule has 8 heavy (non-hydrogen) atoms. The van der Waals surface area contributed by atoms with E-state index in [2.05, 4.69) is 5.32 Å². The second-order valence-electron chi connectivity index (χ2n) is 1.64. The third-order valence-electron chi connectivity index (χ3n) is 0.951. The summed E-state index contributed by atoms with van der Waals surface area (Å²) in [5.74, 6) is 0.785. The van der Waals surface area contributed by atoms with Crippen molar-refractivity contribution in [2.45, 2.75) is 0 Å². The van der Waals surface area contributed by atoms with Crippen molar-refractivity contribution in [1.29, 1.82) is 0 Å². The molecule has 0 saturated carbocycles. The first kappa shape index (κ1) is 5.28. The highest BCUT2D eigenvalue weighted by molar-refractivity contribution is 5.00. The first-order chi connectivity index (χ1) is 3.83. The van der Waals surface area contributed by atoms with Gasteiger partial charge in [0.1, 0.15) is 6.67 Å². The number of rotatable bonds is 1. The molecule has 0 aromatic rings. The van der Waals surface area contributed by atoms with Crippen LogP contribution < -0.4 is 5.32 Å². The maximum Gasteiger partial charge on any atom is 0.204 e. The predicted molar refractivity (Wildman–Crippen MR) is 30.3 cm³/mol. The highest BCUT2D eigenvalue weighted by Crippen LogP contribution is 2.02. The van der Waals surface area contributed by atoms with Gasteiger partial charge in [-0.2, -0.15) is 0 Å². The summed E-state index contributed by atoms with van der Waals surface area (Å²) in [6.07, 6.45) is 1.86.